The van der Waals surface area contributed by atoms with E-state index >= 15 is 0 Å². The summed E-state index contributed by atoms with van der Waals surface area (Å²) >= 11 is 1.43. The van der Waals surface area contributed by atoms with E-state index in [0.717, 1.165) is 4.90 Å². The molecule has 26 heavy (non-hydrogen) atoms. The third-order valence-corrected chi connectivity index (χ3v) is 5.09. The van der Waals surface area contributed by atoms with Crippen molar-refractivity contribution in [1.29, 1.82) is 0 Å². The van der Waals surface area contributed by atoms with Gasteiger partial charge in [-0.1, -0.05) is 60.3 Å². The molecule has 4 heteroatoms. The van der Waals surface area contributed by atoms with Crippen molar-refractivity contribution in [2.45, 2.75) is 4.90 Å². The van der Waals surface area contributed by atoms with Crippen LogP contribution in [0.2, 0.25) is 0 Å². The summed E-state index contributed by atoms with van der Waals surface area (Å²) in [5.74, 6) is -0.00173. The summed E-state index contributed by atoms with van der Waals surface area (Å²) in [6.45, 7) is 0. The lowest BCUT2D eigenvalue weighted by atomic mass is 10.1. The van der Waals surface area contributed by atoms with Crippen LogP contribution in [0, 0.1) is 0 Å². The molecule has 0 spiro atoms. The van der Waals surface area contributed by atoms with E-state index < -0.39 is 5.97 Å². The average Bonchev–Trinajstić information content (AvgIpc) is 3.00. The van der Waals surface area contributed by atoms with E-state index in [0.29, 0.717) is 27.3 Å². The lowest BCUT2D eigenvalue weighted by molar-refractivity contribution is 0.0734. The molecule has 3 aromatic rings. The molecule has 0 fully saturated rings. The highest BCUT2D eigenvalue weighted by Crippen LogP contribution is 2.41. The lowest BCUT2D eigenvalue weighted by Gasteiger charge is -2.08. The van der Waals surface area contributed by atoms with Crippen molar-refractivity contribution in [3.8, 4) is 5.75 Å². The average molecular weight is 358 g/mol. The first kappa shape index (κ1) is 16.4. The van der Waals surface area contributed by atoms with E-state index in [1.165, 1.54) is 11.8 Å². The molecule has 0 aromatic heterocycles. The largest absolute Gasteiger partial charge is 0.422 e. The lowest BCUT2D eigenvalue weighted by Crippen LogP contribution is -2.09. The number of fused-ring (bicyclic) bond motifs is 1. The highest BCUT2D eigenvalue weighted by atomic mass is 32.2. The quantitative estimate of drug-likeness (QED) is 0.365. The van der Waals surface area contributed by atoms with E-state index in [2.05, 4.69) is 0 Å². The van der Waals surface area contributed by atoms with Crippen LogP contribution in [0.1, 0.15) is 26.3 Å². The molecule has 0 N–H and O–H groups in total. The second-order valence-corrected chi connectivity index (χ2v) is 6.81. The molecular formula is C22H14O3S. The summed E-state index contributed by atoms with van der Waals surface area (Å²) in [6, 6.07) is 23.6. The Morgan fingerprint density at radius 2 is 1.54 bits per heavy atom. The van der Waals surface area contributed by atoms with Crippen molar-refractivity contribution in [3.05, 3.63) is 100 Å². The van der Waals surface area contributed by atoms with E-state index in [1.807, 2.05) is 42.5 Å². The van der Waals surface area contributed by atoms with Crippen molar-refractivity contribution in [3.63, 3.8) is 0 Å². The normalized spacial score (nSPS) is 14.3. The Labute approximate surface area is 155 Å². The number of ketones is 1. The number of hydrogen-bond donors (Lipinski definition) is 0. The molecule has 0 bridgehead atoms. The van der Waals surface area contributed by atoms with Gasteiger partial charge in [0.1, 0.15) is 5.75 Å². The Hall–Kier alpha value is -3.11. The molecular weight excluding hydrogens is 344 g/mol. The number of ether oxygens (including phenoxy) is 1. The van der Waals surface area contributed by atoms with E-state index in [9.17, 15) is 9.59 Å². The third kappa shape index (κ3) is 3.19. The number of Topliss-reactive ketones (excluding diaryl/α,β-unsaturated/α-hetero) is 1. The van der Waals surface area contributed by atoms with Crippen molar-refractivity contribution in [1.82, 2.24) is 0 Å². The smallest absolute Gasteiger partial charge is 0.343 e. The molecule has 3 aromatic carbocycles. The minimum Gasteiger partial charge on any atom is -0.422 e. The number of thioether (sulfide) groups is 1. The van der Waals surface area contributed by atoms with Gasteiger partial charge in [-0.3, -0.25) is 4.79 Å². The van der Waals surface area contributed by atoms with E-state index in [-0.39, 0.29) is 5.78 Å². The zero-order valence-corrected chi connectivity index (χ0v) is 14.5. The predicted molar refractivity (Wildman–Crippen MR) is 102 cm³/mol. The maximum absolute atomic E-state index is 12.6. The maximum Gasteiger partial charge on any atom is 0.343 e. The summed E-state index contributed by atoms with van der Waals surface area (Å²) < 4.78 is 5.55. The van der Waals surface area contributed by atoms with Crippen LogP contribution in [-0.2, 0) is 0 Å². The van der Waals surface area contributed by atoms with Crippen LogP contribution < -0.4 is 4.74 Å². The minimum atomic E-state index is -0.426. The molecule has 0 saturated heterocycles. The first-order valence-corrected chi connectivity index (χ1v) is 8.93. The van der Waals surface area contributed by atoms with E-state index in [1.54, 1.807) is 42.5 Å². The topological polar surface area (TPSA) is 43.4 Å². The molecule has 126 valence electrons. The third-order valence-electron chi connectivity index (χ3n) is 3.99. The van der Waals surface area contributed by atoms with Crippen LogP contribution in [0.3, 0.4) is 0 Å². The highest BCUT2D eigenvalue weighted by Gasteiger charge is 2.25. The second-order valence-electron chi connectivity index (χ2n) is 5.73. The number of allylic oxidation sites excluding steroid dienone is 1. The summed E-state index contributed by atoms with van der Waals surface area (Å²) in [6.07, 6.45) is 1.78. The Morgan fingerprint density at radius 3 is 2.35 bits per heavy atom. The van der Waals surface area contributed by atoms with Gasteiger partial charge < -0.3 is 4.74 Å². The molecule has 1 heterocycles. The summed E-state index contributed by atoms with van der Waals surface area (Å²) in [7, 11) is 0. The molecule has 0 unspecified atom stereocenters. The summed E-state index contributed by atoms with van der Waals surface area (Å²) in [4.78, 5) is 26.5. The van der Waals surface area contributed by atoms with E-state index in [4.69, 9.17) is 4.74 Å². The van der Waals surface area contributed by atoms with Crippen LogP contribution in [0.4, 0.5) is 0 Å². The number of benzene rings is 3. The fraction of sp³-hybridized carbons (Fsp3) is 0. The van der Waals surface area contributed by atoms with Gasteiger partial charge in [0, 0.05) is 16.0 Å². The Bertz CT molecular complexity index is 1020. The van der Waals surface area contributed by atoms with Gasteiger partial charge in [0.15, 0.2) is 0 Å². The van der Waals surface area contributed by atoms with Gasteiger partial charge in [0.05, 0.1) is 10.5 Å². The van der Waals surface area contributed by atoms with Crippen LogP contribution in [0.15, 0.2) is 88.7 Å². The molecule has 0 saturated carbocycles. The van der Waals surface area contributed by atoms with Gasteiger partial charge in [0.25, 0.3) is 0 Å². The number of carbonyl (C=O) groups is 2. The molecule has 0 radical (unpaired) electrons. The van der Waals surface area contributed by atoms with Crippen LogP contribution in [0.25, 0.3) is 6.08 Å². The standard InChI is InChI=1S/C22H14O3S/c23-21-17-11-5-7-13-19(17)26-20(21)14-16-10-4-6-12-18(16)25-22(24)15-8-2-1-3-9-15/h1-14H. The molecule has 4 rings (SSSR count). The first-order chi connectivity index (χ1) is 12.7. The zero-order chi connectivity index (χ0) is 17.9. The van der Waals surface area contributed by atoms with Crippen molar-refractivity contribution in [2.24, 2.45) is 0 Å². The number of hydrogen-bond acceptors (Lipinski definition) is 4. The van der Waals surface area contributed by atoms with Gasteiger partial charge in [-0.25, -0.2) is 4.79 Å². The predicted octanol–water partition coefficient (Wildman–Crippen LogP) is 5.24. The number of esters is 1. The SMILES string of the molecule is O=C(Oc1ccccc1C=C1Sc2ccccc2C1=O)c1ccccc1. The molecule has 3 nitrogen and oxygen atoms in total. The van der Waals surface area contributed by atoms with Gasteiger partial charge in [-0.05, 0) is 36.4 Å². The molecule has 1 aliphatic rings. The number of carbonyl (C=O) groups excluding carboxylic acids is 2. The summed E-state index contributed by atoms with van der Waals surface area (Å²) in [5.41, 5.74) is 1.89. The molecule has 1 aliphatic heterocycles. The highest BCUT2D eigenvalue weighted by molar-refractivity contribution is 8.04. The molecule has 0 aliphatic carbocycles. The first-order valence-electron chi connectivity index (χ1n) is 8.12. The van der Waals surface area contributed by atoms with Crippen LogP contribution in [0.5, 0.6) is 5.75 Å². The second kappa shape index (κ2) is 7.02. The fourth-order valence-electron chi connectivity index (χ4n) is 2.70. The number of para-hydroxylation sites is 1. The maximum atomic E-state index is 12.6. The number of rotatable bonds is 3. The van der Waals surface area contributed by atoms with Crippen LogP contribution in [-0.4, -0.2) is 11.8 Å². The van der Waals surface area contributed by atoms with Crippen molar-refractivity contribution in [2.75, 3.05) is 0 Å². The monoisotopic (exact) mass is 358 g/mol. The Morgan fingerprint density at radius 1 is 0.846 bits per heavy atom. The van der Waals surface area contributed by atoms with Gasteiger partial charge >= 0.3 is 5.97 Å². The summed E-state index contributed by atoms with van der Waals surface area (Å²) in [5, 5.41) is 0. The van der Waals surface area contributed by atoms with Gasteiger partial charge in [-0.15, -0.1) is 0 Å². The van der Waals surface area contributed by atoms with Gasteiger partial charge in [0.2, 0.25) is 5.78 Å². The fourth-order valence-corrected chi connectivity index (χ4v) is 3.75. The van der Waals surface area contributed by atoms with Crippen molar-refractivity contribution < 1.29 is 14.3 Å². The van der Waals surface area contributed by atoms with Crippen LogP contribution >= 0.6 is 11.8 Å². The molecule has 0 amide bonds. The Kier molecular flexibility index (Phi) is 4.42. The Balaban J connectivity index is 1.63. The van der Waals surface area contributed by atoms with Gasteiger partial charge in [-0.2, -0.15) is 0 Å². The van der Waals surface area contributed by atoms with Crippen molar-refractivity contribution >= 4 is 29.6 Å². The minimum absolute atomic E-state index is 0.00483. The zero-order valence-electron chi connectivity index (χ0n) is 13.7. The molecule has 0 atom stereocenters.